The molecule has 1 aromatic heterocycles. The van der Waals surface area contributed by atoms with Crippen LogP contribution in [0.5, 0.6) is 0 Å². The van der Waals surface area contributed by atoms with Gasteiger partial charge in [-0.25, -0.2) is 4.98 Å². The van der Waals surface area contributed by atoms with Crippen LogP contribution in [0.2, 0.25) is 0 Å². The number of aliphatic hydroxyl groups is 1. The molecule has 0 saturated carbocycles. The molecule has 0 aliphatic carbocycles. The van der Waals surface area contributed by atoms with E-state index in [-0.39, 0.29) is 6.61 Å². The number of hydrogen-bond acceptors (Lipinski definition) is 3. The molecule has 3 nitrogen and oxygen atoms in total. The highest BCUT2D eigenvalue weighted by atomic mass is 16.3. The molecule has 0 aliphatic heterocycles. The second-order valence-electron chi connectivity index (χ2n) is 4.23. The summed E-state index contributed by atoms with van der Waals surface area (Å²) in [7, 11) is 0. The Balaban J connectivity index is 2.35. The molecular weight excluding hydrogens is 224 g/mol. The van der Waals surface area contributed by atoms with Gasteiger partial charge >= 0.3 is 0 Å². The summed E-state index contributed by atoms with van der Waals surface area (Å²) >= 11 is 0. The largest absolute Gasteiger partial charge is 0.390 e. The van der Waals surface area contributed by atoms with Crippen LogP contribution >= 0.6 is 0 Å². The Hall–Kier alpha value is -1.87. The Morgan fingerprint density at radius 2 is 1.83 bits per heavy atom. The second kappa shape index (κ2) is 5.65. The van der Waals surface area contributed by atoms with Crippen LogP contribution < -0.4 is 4.90 Å². The van der Waals surface area contributed by atoms with Crippen molar-refractivity contribution in [3.63, 3.8) is 0 Å². The minimum absolute atomic E-state index is 0.0285. The molecule has 1 aromatic carbocycles. The topological polar surface area (TPSA) is 36.4 Å². The van der Waals surface area contributed by atoms with E-state index in [1.165, 1.54) is 5.56 Å². The Morgan fingerprint density at radius 3 is 2.44 bits per heavy atom. The first-order chi connectivity index (χ1) is 8.74. The van der Waals surface area contributed by atoms with Crippen LogP contribution in [0.4, 0.5) is 11.5 Å². The van der Waals surface area contributed by atoms with Crippen molar-refractivity contribution in [2.24, 2.45) is 0 Å². The van der Waals surface area contributed by atoms with E-state index >= 15 is 0 Å². The van der Waals surface area contributed by atoms with E-state index in [0.29, 0.717) is 5.69 Å². The lowest BCUT2D eigenvalue weighted by atomic mass is 10.2. The Kier molecular flexibility index (Phi) is 3.95. The lowest BCUT2D eigenvalue weighted by Gasteiger charge is -2.22. The highest BCUT2D eigenvalue weighted by Gasteiger charge is 2.08. The Morgan fingerprint density at radius 1 is 1.11 bits per heavy atom. The lowest BCUT2D eigenvalue weighted by molar-refractivity contribution is 0.277. The first kappa shape index (κ1) is 12.6. The summed E-state index contributed by atoms with van der Waals surface area (Å²) in [6.45, 7) is 4.97. The van der Waals surface area contributed by atoms with Gasteiger partial charge < -0.3 is 10.0 Å². The summed E-state index contributed by atoms with van der Waals surface area (Å²) in [4.78, 5) is 6.56. The van der Waals surface area contributed by atoms with E-state index in [2.05, 4.69) is 48.0 Å². The van der Waals surface area contributed by atoms with Crippen molar-refractivity contribution in [1.82, 2.24) is 4.98 Å². The van der Waals surface area contributed by atoms with Gasteiger partial charge in [-0.3, -0.25) is 0 Å². The number of aliphatic hydroxyl groups excluding tert-OH is 1. The zero-order valence-corrected chi connectivity index (χ0v) is 10.8. The predicted octanol–water partition coefficient (Wildman–Crippen LogP) is 3.04. The average Bonchev–Trinajstić information content (AvgIpc) is 2.42. The van der Waals surface area contributed by atoms with E-state index in [1.54, 1.807) is 0 Å². The van der Waals surface area contributed by atoms with Crippen LogP contribution in [0.3, 0.4) is 0 Å². The third-order valence-electron chi connectivity index (χ3n) is 2.89. The minimum atomic E-state index is -0.0285. The van der Waals surface area contributed by atoms with Crippen molar-refractivity contribution < 1.29 is 5.11 Å². The quantitative estimate of drug-likeness (QED) is 0.895. The molecule has 1 heterocycles. The van der Waals surface area contributed by atoms with Crippen LogP contribution in [0.1, 0.15) is 18.2 Å². The monoisotopic (exact) mass is 242 g/mol. The number of rotatable bonds is 4. The summed E-state index contributed by atoms with van der Waals surface area (Å²) in [5, 5.41) is 9.14. The van der Waals surface area contributed by atoms with Crippen molar-refractivity contribution >= 4 is 11.5 Å². The molecule has 1 N–H and O–H groups in total. The van der Waals surface area contributed by atoms with Gasteiger partial charge in [0.15, 0.2) is 0 Å². The summed E-state index contributed by atoms with van der Waals surface area (Å²) in [5.74, 6) is 0.868. The van der Waals surface area contributed by atoms with E-state index in [9.17, 15) is 0 Å². The Labute approximate surface area is 108 Å². The van der Waals surface area contributed by atoms with Gasteiger partial charge in [-0.05, 0) is 38.1 Å². The third-order valence-corrected chi connectivity index (χ3v) is 2.89. The molecule has 0 unspecified atom stereocenters. The van der Waals surface area contributed by atoms with Crippen LogP contribution in [0.25, 0.3) is 0 Å². The van der Waals surface area contributed by atoms with Gasteiger partial charge in [-0.1, -0.05) is 23.8 Å². The molecule has 18 heavy (non-hydrogen) atoms. The van der Waals surface area contributed by atoms with Crippen molar-refractivity contribution in [1.29, 1.82) is 0 Å². The van der Waals surface area contributed by atoms with E-state index < -0.39 is 0 Å². The standard InChI is InChI=1S/C15H18N2O/c1-3-17(14-9-7-12(2)8-10-14)15-6-4-5-13(11-18)16-15/h4-10,18H,3,11H2,1-2H3. The highest BCUT2D eigenvalue weighted by molar-refractivity contribution is 5.60. The van der Waals surface area contributed by atoms with E-state index in [1.807, 2.05) is 18.2 Å². The maximum absolute atomic E-state index is 9.14. The first-order valence-electron chi connectivity index (χ1n) is 6.15. The summed E-state index contributed by atoms with van der Waals surface area (Å²) in [5.41, 5.74) is 3.05. The molecule has 3 heteroatoms. The van der Waals surface area contributed by atoms with Gasteiger partial charge in [0.2, 0.25) is 0 Å². The number of aryl methyl sites for hydroxylation is 1. The second-order valence-corrected chi connectivity index (χ2v) is 4.23. The number of nitrogens with zero attached hydrogens (tertiary/aromatic N) is 2. The normalized spacial score (nSPS) is 10.4. The van der Waals surface area contributed by atoms with Crippen LogP contribution in [0, 0.1) is 6.92 Å². The molecule has 0 fully saturated rings. The zero-order valence-electron chi connectivity index (χ0n) is 10.8. The molecule has 0 saturated heterocycles. The smallest absolute Gasteiger partial charge is 0.133 e. The number of hydrogen-bond donors (Lipinski definition) is 1. The van der Waals surface area contributed by atoms with Gasteiger partial charge in [-0.2, -0.15) is 0 Å². The summed E-state index contributed by atoms with van der Waals surface area (Å²) < 4.78 is 0. The van der Waals surface area contributed by atoms with Crippen molar-refractivity contribution in [2.45, 2.75) is 20.5 Å². The van der Waals surface area contributed by atoms with Crippen LogP contribution in [-0.2, 0) is 6.61 Å². The molecule has 0 amide bonds. The van der Waals surface area contributed by atoms with Gasteiger partial charge in [0, 0.05) is 12.2 Å². The fraction of sp³-hybridized carbons (Fsp3) is 0.267. The van der Waals surface area contributed by atoms with Gasteiger partial charge in [-0.15, -0.1) is 0 Å². The molecular formula is C15H18N2O. The SMILES string of the molecule is CCN(c1ccc(C)cc1)c1cccc(CO)n1. The zero-order chi connectivity index (χ0) is 13.0. The Bertz CT molecular complexity index is 508. The molecule has 94 valence electrons. The van der Waals surface area contributed by atoms with E-state index in [4.69, 9.17) is 5.11 Å². The summed E-state index contributed by atoms with van der Waals surface area (Å²) in [6, 6.07) is 14.1. The maximum Gasteiger partial charge on any atom is 0.133 e. The number of aromatic nitrogens is 1. The average molecular weight is 242 g/mol. The lowest BCUT2D eigenvalue weighted by Crippen LogP contribution is -2.17. The van der Waals surface area contributed by atoms with Gasteiger partial charge in [0.25, 0.3) is 0 Å². The number of pyridine rings is 1. The minimum Gasteiger partial charge on any atom is -0.390 e. The molecule has 0 radical (unpaired) electrons. The van der Waals surface area contributed by atoms with Gasteiger partial charge in [0.05, 0.1) is 12.3 Å². The van der Waals surface area contributed by atoms with Crippen molar-refractivity contribution in [3.8, 4) is 0 Å². The molecule has 0 bridgehead atoms. The van der Waals surface area contributed by atoms with Crippen LogP contribution in [-0.4, -0.2) is 16.6 Å². The highest BCUT2D eigenvalue weighted by Crippen LogP contribution is 2.23. The number of anilines is 2. The molecule has 0 atom stereocenters. The third kappa shape index (κ3) is 2.68. The maximum atomic E-state index is 9.14. The van der Waals surface area contributed by atoms with Crippen LogP contribution in [0.15, 0.2) is 42.5 Å². The fourth-order valence-corrected chi connectivity index (χ4v) is 1.91. The molecule has 2 rings (SSSR count). The number of benzene rings is 1. The first-order valence-corrected chi connectivity index (χ1v) is 6.15. The summed E-state index contributed by atoms with van der Waals surface area (Å²) in [6.07, 6.45) is 0. The van der Waals surface area contributed by atoms with E-state index in [0.717, 1.165) is 18.1 Å². The van der Waals surface area contributed by atoms with Crippen molar-refractivity contribution in [3.05, 3.63) is 53.7 Å². The fourth-order valence-electron chi connectivity index (χ4n) is 1.91. The predicted molar refractivity (Wildman–Crippen MR) is 74.0 cm³/mol. The van der Waals surface area contributed by atoms with Gasteiger partial charge in [0.1, 0.15) is 5.82 Å². The molecule has 0 aliphatic rings. The molecule has 2 aromatic rings. The van der Waals surface area contributed by atoms with Crippen molar-refractivity contribution in [2.75, 3.05) is 11.4 Å². The molecule has 0 spiro atoms.